The highest BCUT2D eigenvalue weighted by Crippen LogP contribution is 2.45. The predicted molar refractivity (Wildman–Crippen MR) is 89.2 cm³/mol. The van der Waals surface area contributed by atoms with Crippen LogP contribution in [0.4, 0.5) is 4.79 Å². The molecule has 116 valence electrons. The first kappa shape index (κ1) is 14.3. The van der Waals surface area contributed by atoms with Crippen molar-refractivity contribution < 1.29 is 14.3 Å². The Hall–Kier alpha value is -2.27. The SMILES string of the molecule is O=C(CN1CCSC1=O)OC1c2ccccc2-c2ccccc21. The van der Waals surface area contributed by atoms with E-state index in [1.165, 1.54) is 11.8 Å². The third kappa shape index (κ3) is 2.51. The van der Waals surface area contributed by atoms with Gasteiger partial charge < -0.3 is 9.64 Å². The second-order valence-corrected chi connectivity index (χ2v) is 6.63. The summed E-state index contributed by atoms with van der Waals surface area (Å²) in [4.78, 5) is 25.5. The van der Waals surface area contributed by atoms with Crippen molar-refractivity contribution in [3.05, 3.63) is 59.7 Å². The van der Waals surface area contributed by atoms with Gasteiger partial charge in [-0.25, -0.2) is 0 Å². The lowest BCUT2D eigenvalue weighted by molar-refractivity contribution is -0.147. The maximum absolute atomic E-state index is 12.3. The molecule has 1 aliphatic heterocycles. The molecule has 1 heterocycles. The minimum Gasteiger partial charge on any atom is -0.451 e. The zero-order valence-electron chi connectivity index (χ0n) is 12.4. The molecule has 0 spiro atoms. The molecule has 4 nitrogen and oxygen atoms in total. The fraction of sp³-hybridized carbons (Fsp3) is 0.222. The Balaban J connectivity index is 1.59. The fourth-order valence-corrected chi connectivity index (χ4v) is 3.95. The van der Waals surface area contributed by atoms with Crippen LogP contribution in [0.1, 0.15) is 17.2 Å². The third-order valence-electron chi connectivity index (χ3n) is 4.19. The van der Waals surface area contributed by atoms with Crippen LogP contribution in [0.15, 0.2) is 48.5 Å². The van der Waals surface area contributed by atoms with E-state index < -0.39 is 0 Å². The van der Waals surface area contributed by atoms with Gasteiger partial charge in [0.25, 0.3) is 5.24 Å². The monoisotopic (exact) mass is 325 g/mol. The minimum atomic E-state index is -0.389. The van der Waals surface area contributed by atoms with Gasteiger partial charge in [0.2, 0.25) is 0 Å². The molecule has 0 saturated carbocycles. The number of fused-ring (bicyclic) bond motifs is 3. The zero-order chi connectivity index (χ0) is 15.8. The summed E-state index contributed by atoms with van der Waals surface area (Å²) in [6, 6.07) is 15.9. The Bertz CT molecular complexity index is 744. The molecule has 0 atom stereocenters. The van der Waals surface area contributed by atoms with Gasteiger partial charge in [0, 0.05) is 23.4 Å². The van der Waals surface area contributed by atoms with Crippen molar-refractivity contribution in [2.75, 3.05) is 18.8 Å². The normalized spacial score (nSPS) is 16.3. The molecule has 1 fully saturated rings. The van der Waals surface area contributed by atoms with E-state index in [2.05, 4.69) is 0 Å². The van der Waals surface area contributed by atoms with E-state index in [0.29, 0.717) is 6.54 Å². The predicted octanol–water partition coefficient (Wildman–Crippen LogP) is 3.47. The largest absolute Gasteiger partial charge is 0.451 e. The van der Waals surface area contributed by atoms with E-state index in [0.717, 1.165) is 28.0 Å². The second-order valence-electron chi connectivity index (χ2n) is 5.58. The number of carbonyl (C=O) groups is 2. The Kier molecular flexibility index (Phi) is 3.58. The van der Waals surface area contributed by atoms with Crippen LogP contribution in [-0.4, -0.2) is 35.0 Å². The maximum atomic E-state index is 12.3. The number of esters is 1. The molecule has 2 aliphatic rings. The number of benzene rings is 2. The highest BCUT2D eigenvalue weighted by molar-refractivity contribution is 8.13. The first-order valence-corrected chi connectivity index (χ1v) is 8.52. The van der Waals surface area contributed by atoms with Crippen molar-refractivity contribution in [3.8, 4) is 11.1 Å². The Morgan fingerprint density at radius 1 is 1.09 bits per heavy atom. The van der Waals surface area contributed by atoms with Crippen LogP contribution in [0, 0.1) is 0 Å². The van der Waals surface area contributed by atoms with Crippen molar-refractivity contribution in [1.29, 1.82) is 0 Å². The summed E-state index contributed by atoms with van der Waals surface area (Å²) in [6.07, 6.45) is -0.389. The van der Waals surface area contributed by atoms with E-state index in [1.807, 2.05) is 48.5 Å². The number of ether oxygens (including phenoxy) is 1. The van der Waals surface area contributed by atoms with Gasteiger partial charge in [-0.15, -0.1) is 0 Å². The number of hydrogen-bond donors (Lipinski definition) is 0. The second kappa shape index (κ2) is 5.74. The molecule has 0 N–H and O–H groups in total. The van der Waals surface area contributed by atoms with Crippen LogP contribution in [0.5, 0.6) is 0 Å². The van der Waals surface area contributed by atoms with Crippen LogP contribution in [0.2, 0.25) is 0 Å². The van der Waals surface area contributed by atoms with Crippen molar-refractivity contribution >= 4 is 23.0 Å². The van der Waals surface area contributed by atoms with Crippen molar-refractivity contribution in [2.45, 2.75) is 6.10 Å². The van der Waals surface area contributed by atoms with Gasteiger partial charge in [0.05, 0.1) is 0 Å². The van der Waals surface area contributed by atoms with Crippen molar-refractivity contribution in [1.82, 2.24) is 4.90 Å². The van der Waals surface area contributed by atoms with Crippen LogP contribution in [0.25, 0.3) is 11.1 Å². The topological polar surface area (TPSA) is 46.6 Å². The molecule has 1 saturated heterocycles. The average Bonchev–Trinajstić information content (AvgIpc) is 3.11. The lowest BCUT2D eigenvalue weighted by Gasteiger charge is -2.18. The van der Waals surface area contributed by atoms with E-state index in [-0.39, 0.29) is 23.9 Å². The molecule has 2 aromatic rings. The van der Waals surface area contributed by atoms with Gasteiger partial charge in [-0.05, 0) is 11.1 Å². The molecule has 23 heavy (non-hydrogen) atoms. The zero-order valence-corrected chi connectivity index (χ0v) is 13.2. The Morgan fingerprint density at radius 2 is 1.70 bits per heavy atom. The average molecular weight is 325 g/mol. The molecule has 1 amide bonds. The fourth-order valence-electron chi connectivity index (χ4n) is 3.13. The summed E-state index contributed by atoms with van der Waals surface area (Å²) in [5.41, 5.74) is 4.22. The molecule has 0 radical (unpaired) electrons. The molecular weight excluding hydrogens is 310 g/mol. The summed E-state index contributed by atoms with van der Waals surface area (Å²) in [5.74, 6) is 0.374. The highest BCUT2D eigenvalue weighted by Gasteiger charge is 2.32. The van der Waals surface area contributed by atoms with Gasteiger partial charge in [-0.2, -0.15) is 0 Å². The quantitative estimate of drug-likeness (QED) is 0.811. The number of carbonyl (C=O) groups excluding carboxylic acids is 2. The van der Waals surface area contributed by atoms with Crippen LogP contribution >= 0.6 is 11.8 Å². The summed E-state index contributed by atoms with van der Waals surface area (Å²) in [5, 5.41) is -0.0471. The molecule has 0 unspecified atom stereocenters. The number of rotatable bonds is 3. The number of amides is 1. The smallest absolute Gasteiger partial charge is 0.326 e. The summed E-state index contributed by atoms with van der Waals surface area (Å²) in [6.45, 7) is 0.628. The Labute approximate surface area is 138 Å². The van der Waals surface area contributed by atoms with Gasteiger partial charge in [-0.3, -0.25) is 9.59 Å². The van der Waals surface area contributed by atoms with E-state index in [4.69, 9.17) is 4.74 Å². The summed E-state index contributed by atoms with van der Waals surface area (Å²) < 4.78 is 5.73. The Morgan fingerprint density at radius 3 is 2.26 bits per heavy atom. The van der Waals surface area contributed by atoms with Gasteiger partial charge in [0.1, 0.15) is 6.54 Å². The van der Waals surface area contributed by atoms with Gasteiger partial charge in [-0.1, -0.05) is 60.3 Å². The van der Waals surface area contributed by atoms with E-state index in [9.17, 15) is 9.59 Å². The molecule has 2 aromatic carbocycles. The van der Waals surface area contributed by atoms with Gasteiger partial charge >= 0.3 is 5.97 Å². The van der Waals surface area contributed by atoms with Crippen molar-refractivity contribution in [2.24, 2.45) is 0 Å². The summed E-state index contributed by atoms with van der Waals surface area (Å²) >= 11 is 1.25. The number of thioether (sulfide) groups is 1. The van der Waals surface area contributed by atoms with Gasteiger partial charge in [0.15, 0.2) is 6.10 Å². The summed E-state index contributed by atoms with van der Waals surface area (Å²) in [7, 11) is 0. The lowest BCUT2D eigenvalue weighted by atomic mass is 10.1. The maximum Gasteiger partial charge on any atom is 0.326 e. The van der Waals surface area contributed by atoms with E-state index >= 15 is 0 Å². The van der Waals surface area contributed by atoms with Crippen molar-refractivity contribution in [3.63, 3.8) is 0 Å². The van der Waals surface area contributed by atoms with Crippen LogP contribution in [0.3, 0.4) is 0 Å². The van der Waals surface area contributed by atoms with E-state index in [1.54, 1.807) is 4.90 Å². The number of nitrogens with zero attached hydrogens (tertiary/aromatic N) is 1. The molecule has 0 bridgehead atoms. The first-order valence-electron chi connectivity index (χ1n) is 7.53. The minimum absolute atomic E-state index is 0.0205. The highest BCUT2D eigenvalue weighted by atomic mass is 32.2. The standard InChI is InChI=1S/C18H15NO3S/c20-16(11-19-9-10-23-18(19)21)22-17-14-7-3-1-5-12(14)13-6-2-4-8-15(13)17/h1-8,17H,9-11H2. The van der Waals surface area contributed by atoms with Crippen LogP contribution < -0.4 is 0 Å². The first-order chi connectivity index (χ1) is 11.2. The molecule has 4 rings (SSSR count). The third-order valence-corrected chi connectivity index (χ3v) is 5.08. The molecular formula is C18H15NO3S. The number of hydrogen-bond acceptors (Lipinski definition) is 4. The molecule has 1 aliphatic carbocycles. The lowest BCUT2D eigenvalue weighted by Crippen LogP contribution is -2.31. The molecule has 0 aromatic heterocycles. The van der Waals surface area contributed by atoms with Crippen LogP contribution in [-0.2, 0) is 9.53 Å². The molecule has 5 heteroatoms.